The zero-order valence-corrected chi connectivity index (χ0v) is 11.0. The number of rotatable bonds is 3. The quantitative estimate of drug-likeness (QED) is 0.870. The van der Waals surface area contributed by atoms with Crippen LogP contribution in [0.2, 0.25) is 0 Å². The molecule has 2 rings (SSSR count). The third-order valence-corrected chi connectivity index (χ3v) is 5.04. The van der Waals surface area contributed by atoms with Crippen LogP contribution in [0.4, 0.5) is 5.69 Å². The molecule has 0 aliphatic carbocycles. The highest BCUT2D eigenvalue weighted by Crippen LogP contribution is 2.22. The summed E-state index contributed by atoms with van der Waals surface area (Å²) in [6.45, 7) is 1.76. The van der Waals surface area contributed by atoms with E-state index in [1.165, 1.54) is 11.3 Å². The standard InChI is InChI=1S/C12H13NO2S2/c1-9-6-11(13)2-3-12(9)17(14,15)8-10-4-5-16-7-10/h2-7H,8,13H2,1H3. The van der Waals surface area contributed by atoms with E-state index in [0.29, 0.717) is 16.1 Å². The van der Waals surface area contributed by atoms with Crippen molar-refractivity contribution in [2.24, 2.45) is 0 Å². The molecule has 0 aliphatic rings. The molecule has 0 radical (unpaired) electrons. The SMILES string of the molecule is Cc1cc(N)ccc1S(=O)(=O)Cc1ccsc1. The fourth-order valence-electron chi connectivity index (χ4n) is 1.69. The molecular weight excluding hydrogens is 254 g/mol. The molecule has 2 aromatic rings. The Kier molecular flexibility index (Phi) is 3.22. The van der Waals surface area contributed by atoms with Gasteiger partial charge in [-0.15, -0.1) is 0 Å². The van der Waals surface area contributed by atoms with Gasteiger partial charge in [0.1, 0.15) is 0 Å². The third-order valence-electron chi connectivity index (χ3n) is 2.47. The molecule has 0 unspecified atom stereocenters. The van der Waals surface area contributed by atoms with Gasteiger partial charge in [-0.3, -0.25) is 0 Å². The summed E-state index contributed by atoms with van der Waals surface area (Å²) in [5, 5.41) is 3.73. The molecule has 90 valence electrons. The van der Waals surface area contributed by atoms with E-state index in [1.54, 1.807) is 25.1 Å². The molecule has 0 aliphatic heterocycles. The number of sulfone groups is 1. The van der Waals surface area contributed by atoms with E-state index in [-0.39, 0.29) is 5.75 Å². The summed E-state index contributed by atoms with van der Waals surface area (Å²) >= 11 is 1.50. The number of hydrogen-bond donors (Lipinski definition) is 1. The molecular formula is C12H13NO2S2. The van der Waals surface area contributed by atoms with E-state index >= 15 is 0 Å². The van der Waals surface area contributed by atoms with Gasteiger partial charge in [0.2, 0.25) is 0 Å². The van der Waals surface area contributed by atoms with Gasteiger partial charge in [-0.05, 0) is 53.1 Å². The summed E-state index contributed by atoms with van der Waals surface area (Å²) in [6.07, 6.45) is 0. The lowest BCUT2D eigenvalue weighted by Crippen LogP contribution is -2.06. The molecule has 1 heterocycles. The van der Waals surface area contributed by atoms with Crippen LogP contribution in [0.15, 0.2) is 39.9 Å². The van der Waals surface area contributed by atoms with Crippen LogP contribution in [-0.4, -0.2) is 8.42 Å². The Morgan fingerprint density at radius 3 is 2.65 bits per heavy atom. The molecule has 0 saturated carbocycles. The molecule has 5 heteroatoms. The number of aryl methyl sites for hydroxylation is 1. The highest BCUT2D eigenvalue weighted by atomic mass is 32.2. The average Bonchev–Trinajstić information content (AvgIpc) is 2.68. The first-order valence-electron chi connectivity index (χ1n) is 5.09. The summed E-state index contributed by atoms with van der Waals surface area (Å²) in [6, 6.07) is 6.70. The van der Waals surface area contributed by atoms with Gasteiger partial charge in [0.05, 0.1) is 10.6 Å². The maximum Gasteiger partial charge on any atom is 0.182 e. The number of nitrogens with two attached hydrogens (primary N) is 1. The predicted molar refractivity (Wildman–Crippen MR) is 70.8 cm³/mol. The normalized spacial score (nSPS) is 11.6. The lowest BCUT2D eigenvalue weighted by Gasteiger charge is -2.07. The van der Waals surface area contributed by atoms with Crippen molar-refractivity contribution < 1.29 is 8.42 Å². The van der Waals surface area contributed by atoms with E-state index in [2.05, 4.69) is 0 Å². The highest BCUT2D eigenvalue weighted by molar-refractivity contribution is 7.90. The van der Waals surface area contributed by atoms with Crippen LogP contribution < -0.4 is 5.73 Å². The maximum absolute atomic E-state index is 12.2. The minimum absolute atomic E-state index is 0.0429. The summed E-state index contributed by atoms with van der Waals surface area (Å²) in [7, 11) is -3.28. The van der Waals surface area contributed by atoms with Crippen LogP contribution >= 0.6 is 11.3 Å². The monoisotopic (exact) mass is 267 g/mol. The van der Waals surface area contributed by atoms with Crippen molar-refractivity contribution in [2.75, 3.05) is 5.73 Å². The lowest BCUT2D eigenvalue weighted by atomic mass is 10.2. The van der Waals surface area contributed by atoms with Gasteiger partial charge in [-0.25, -0.2) is 8.42 Å². The minimum atomic E-state index is -3.28. The number of thiophene rings is 1. The van der Waals surface area contributed by atoms with Crippen LogP contribution in [0.3, 0.4) is 0 Å². The zero-order valence-electron chi connectivity index (χ0n) is 9.38. The van der Waals surface area contributed by atoms with Crippen LogP contribution in [0, 0.1) is 6.92 Å². The van der Waals surface area contributed by atoms with Crippen molar-refractivity contribution in [3.63, 3.8) is 0 Å². The molecule has 0 amide bonds. The van der Waals surface area contributed by atoms with Gasteiger partial charge in [-0.1, -0.05) is 0 Å². The average molecular weight is 267 g/mol. The molecule has 0 bridgehead atoms. The summed E-state index contributed by atoms with van der Waals surface area (Å²) < 4.78 is 24.4. The Morgan fingerprint density at radius 2 is 2.06 bits per heavy atom. The molecule has 0 spiro atoms. The fourth-order valence-corrected chi connectivity index (χ4v) is 4.07. The van der Waals surface area contributed by atoms with Gasteiger partial charge in [0.15, 0.2) is 9.84 Å². The molecule has 3 nitrogen and oxygen atoms in total. The summed E-state index contributed by atoms with van der Waals surface area (Å²) in [5.74, 6) is 0.0429. The highest BCUT2D eigenvalue weighted by Gasteiger charge is 2.17. The summed E-state index contributed by atoms with van der Waals surface area (Å²) in [5.41, 5.74) is 7.71. The molecule has 0 fully saturated rings. The van der Waals surface area contributed by atoms with E-state index in [9.17, 15) is 8.42 Å². The van der Waals surface area contributed by atoms with Gasteiger partial charge in [0, 0.05) is 5.69 Å². The van der Waals surface area contributed by atoms with Crippen LogP contribution in [0.5, 0.6) is 0 Å². The fraction of sp³-hybridized carbons (Fsp3) is 0.167. The first-order chi connectivity index (χ1) is 7.99. The maximum atomic E-state index is 12.2. The molecule has 0 saturated heterocycles. The molecule has 1 aromatic heterocycles. The van der Waals surface area contributed by atoms with Crippen molar-refractivity contribution in [1.82, 2.24) is 0 Å². The van der Waals surface area contributed by atoms with Crippen LogP contribution in [0.25, 0.3) is 0 Å². The Labute approximate surface area is 105 Å². The van der Waals surface area contributed by atoms with E-state index < -0.39 is 9.84 Å². The predicted octanol–water partition coefficient (Wildman–Crippen LogP) is 2.61. The van der Waals surface area contributed by atoms with Gasteiger partial charge >= 0.3 is 0 Å². The smallest absolute Gasteiger partial charge is 0.182 e. The second kappa shape index (κ2) is 4.50. The number of nitrogen functional groups attached to an aromatic ring is 1. The first-order valence-corrected chi connectivity index (χ1v) is 7.68. The van der Waals surface area contributed by atoms with E-state index in [4.69, 9.17) is 5.73 Å². The van der Waals surface area contributed by atoms with Crippen molar-refractivity contribution >= 4 is 26.9 Å². The number of hydrogen-bond acceptors (Lipinski definition) is 4. The second-order valence-corrected chi connectivity index (χ2v) is 6.65. The topological polar surface area (TPSA) is 60.2 Å². The largest absolute Gasteiger partial charge is 0.399 e. The van der Waals surface area contributed by atoms with Gasteiger partial charge in [0.25, 0.3) is 0 Å². The Hall–Kier alpha value is -1.33. The van der Waals surface area contributed by atoms with E-state index in [1.807, 2.05) is 16.8 Å². The van der Waals surface area contributed by atoms with Gasteiger partial charge in [-0.2, -0.15) is 11.3 Å². The van der Waals surface area contributed by atoms with Crippen molar-refractivity contribution in [2.45, 2.75) is 17.6 Å². The Bertz CT molecular complexity index is 616. The Balaban J connectivity index is 2.38. The van der Waals surface area contributed by atoms with Gasteiger partial charge < -0.3 is 5.73 Å². The molecule has 1 aromatic carbocycles. The van der Waals surface area contributed by atoms with Crippen molar-refractivity contribution in [3.8, 4) is 0 Å². The Morgan fingerprint density at radius 1 is 1.29 bits per heavy atom. The molecule has 17 heavy (non-hydrogen) atoms. The number of benzene rings is 1. The molecule has 0 atom stereocenters. The number of anilines is 1. The minimum Gasteiger partial charge on any atom is -0.399 e. The van der Waals surface area contributed by atoms with E-state index in [0.717, 1.165) is 5.56 Å². The molecule has 2 N–H and O–H groups in total. The third kappa shape index (κ3) is 2.68. The lowest BCUT2D eigenvalue weighted by molar-refractivity contribution is 0.595. The summed E-state index contributed by atoms with van der Waals surface area (Å²) in [4.78, 5) is 0.359. The van der Waals surface area contributed by atoms with Crippen LogP contribution in [-0.2, 0) is 15.6 Å². The van der Waals surface area contributed by atoms with Crippen molar-refractivity contribution in [3.05, 3.63) is 46.2 Å². The van der Waals surface area contributed by atoms with Crippen molar-refractivity contribution in [1.29, 1.82) is 0 Å². The second-order valence-electron chi connectivity index (χ2n) is 3.92. The zero-order chi connectivity index (χ0) is 12.5. The first kappa shape index (κ1) is 12.1. The van der Waals surface area contributed by atoms with Crippen LogP contribution in [0.1, 0.15) is 11.1 Å².